The Balaban J connectivity index is 2.59. The summed E-state index contributed by atoms with van der Waals surface area (Å²) in [4.78, 5) is 11.5. The van der Waals surface area contributed by atoms with E-state index in [1.807, 2.05) is 0 Å². The third kappa shape index (κ3) is 6.22. The Morgan fingerprint density at radius 3 is 2.57 bits per heavy atom. The molecular formula is C14H19BrClNO4. The highest BCUT2D eigenvalue weighted by Crippen LogP contribution is 2.28. The van der Waals surface area contributed by atoms with Gasteiger partial charge in [-0.3, -0.25) is 0 Å². The van der Waals surface area contributed by atoms with Crippen LogP contribution in [0.5, 0.6) is 0 Å². The molecule has 0 spiro atoms. The van der Waals surface area contributed by atoms with E-state index in [1.54, 1.807) is 39.0 Å². The van der Waals surface area contributed by atoms with Crippen LogP contribution in [0.3, 0.4) is 0 Å². The molecule has 5 nitrogen and oxygen atoms in total. The fourth-order valence-electron chi connectivity index (χ4n) is 1.56. The third-order valence-corrected chi connectivity index (χ3v) is 3.32. The number of alkyl carbamates (subject to hydrolysis) is 1. The second kappa shape index (κ2) is 7.45. The second-order valence-electron chi connectivity index (χ2n) is 5.56. The molecule has 1 aromatic carbocycles. The Labute approximate surface area is 137 Å². The molecule has 118 valence electrons. The normalized spacial score (nSPS) is 14.4. The number of halogens is 2. The highest BCUT2D eigenvalue weighted by Gasteiger charge is 2.23. The van der Waals surface area contributed by atoms with Crippen LogP contribution in [0.4, 0.5) is 4.79 Å². The number of aliphatic hydroxyl groups excluding tert-OH is 2. The quantitative estimate of drug-likeness (QED) is 0.750. The van der Waals surface area contributed by atoms with Gasteiger partial charge in [0.25, 0.3) is 0 Å². The van der Waals surface area contributed by atoms with Gasteiger partial charge >= 0.3 is 6.09 Å². The topological polar surface area (TPSA) is 78.8 Å². The lowest BCUT2D eigenvalue weighted by molar-refractivity contribution is 0.0130. The first-order valence-electron chi connectivity index (χ1n) is 6.38. The van der Waals surface area contributed by atoms with E-state index in [9.17, 15) is 15.0 Å². The zero-order valence-electron chi connectivity index (χ0n) is 12.1. The highest BCUT2D eigenvalue weighted by atomic mass is 79.9. The maximum Gasteiger partial charge on any atom is 0.407 e. The molecule has 0 aromatic heterocycles. The van der Waals surface area contributed by atoms with Gasteiger partial charge in [-0.2, -0.15) is 0 Å². The predicted octanol–water partition coefficient (Wildman–Crippen LogP) is 3.02. The lowest BCUT2D eigenvalue weighted by atomic mass is 10.0. The molecule has 3 N–H and O–H groups in total. The van der Waals surface area contributed by atoms with Crippen molar-refractivity contribution in [1.29, 1.82) is 0 Å². The summed E-state index contributed by atoms with van der Waals surface area (Å²) in [6, 6.07) is 4.93. The molecule has 0 aliphatic rings. The number of benzene rings is 1. The van der Waals surface area contributed by atoms with Gasteiger partial charge in [0.1, 0.15) is 17.8 Å². The summed E-state index contributed by atoms with van der Waals surface area (Å²) in [5.41, 5.74) is -0.235. The molecule has 1 rings (SSSR count). The van der Waals surface area contributed by atoms with Crippen LogP contribution < -0.4 is 5.32 Å². The van der Waals surface area contributed by atoms with Gasteiger partial charge in [0.05, 0.1) is 0 Å². The van der Waals surface area contributed by atoms with Crippen molar-refractivity contribution in [1.82, 2.24) is 5.32 Å². The number of rotatable bonds is 4. The summed E-state index contributed by atoms with van der Waals surface area (Å²) in [6.45, 7) is 5.06. The first-order valence-corrected chi connectivity index (χ1v) is 7.55. The summed E-state index contributed by atoms with van der Waals surface area (Å²) >= 11 is 9.26. The molecule has 7 heteroatoms. The molecule has 0 saturated carbocycles. The highest BCUT2D eigenvalue weighted by molar-refractivity contribution is 9.10. The number of amides is 1. The zero-order chi connectivity index (χ0) is 16.2. The monoisotopic (exact) mass is 379 g/mol. The molecule has 1 amide bonds. The summed E-state index contributed by atoms with van der Waals surface area (Å²) in [7, 11) is 0. The van der Waals surface area contributed by atoms with Crippen molar-refractivity contribution in [2.75, 3.05) is 6.54 Å². The van der Waals surface area contributed by atoms with Crippen molar-refractivity contribution < 1.29 is 19.7 Å². The van der Waals surface area contributed by atoms with Crippen LogP contribution in [0.2, 0.25) is 5.02 Å². The Morgan fingerprint density at radius 1 is 1.43 bits per heavy atom. The van der Waals surface area contributed by atoms with Gasteiger partial charge in [0.2, 0.25) is 0 Å². The standard InChI is InChI=1S/C14H19BrClNO4/c1-14(2,3)21-13(20)17-7-11(18)12(19)9-5-4-8(15)6-10(9)16/h4-6,11-12,18-19H,7H2,1-3H3,(H,17,20). The minimum atomic E-state index is -1.21. The number of carbonyl (C=O) groups is 1. The SMILES string of the molecule is CC(C)(C)OC(=O)NCC(O)C(O)c1ccc(Br)cc1Cl. The van der Waals surface area contributed by atoms with Crippen molar-refractivity contribution in [2.24, 2.45) is 0 Å². The van der Waals surface area contributed by atoms with Crippen LogP contribution in [0.1, 0.15) is 32.4 Å². The van der Waals surface area contributed by atoms with E-state index in [1.165, 1.54) is 0 Å². The van der Waals surface area contributed by atoms with E-state index in [4.69, 9.17) is 16.3 Å². The third-order valence-electron chi connectivity index (χ3n) is 2.50. The Hall–Kier alpha value is -0.820. The van der Waals surface area contributed by atoms with Crippen LogP contribution in [0.25, 0.3) is 0 Å². The summed E-state index contributed by atoms with van der Waals surface area (Å²) in [6.07, 6.45) is -3.06. The molecule has 2 unspecified atom stereocenters. The zero-order valence-corrected chi connectivity index (χ0v) is 14.4. The summed E-state index contributed by atoms with van der Waals surface area (Å²) < 4.78 is 5.81. The molecule has 21 heavy (non-hydrogen) atoms. The van der Waals surface area contributed by atoms with Gasteiger partial charge in [0.15, 0.2) is 0 Å². The molecule has 0 aliphatic carbocycles. The summed E-state index contributed by atoms with van der Waals surface area (Å²) in [5, 5.41) is 22.7. The number of aliphatic hydroxyl groups is 2. The molecule has 0 fully saturated rings. The van der Waals surface area contributed by atoms with Crippen molar-refractivity contribution in [3.63, 3.8) is 0 Å². The number of carbonyl (C=O) groups excluding carboxylic acids is 1. The molecular weight excluding hydrogens is 362 g/mol. The van der Waals surface area contributed by atoms with Gasteiger partial charge in [-0.1, -0.05) is 33.6 Å². The minimum absolute atomic E-state index is 0.150. The molecule has 1 aromatic rings. The van der Waals surface area contributed by atoms with Crippen molar-refractivity contribution >= 4 is 33.6 Å². The van der Waals surface area contributed by atoms with E-state index in [-0.39, 0.29) is 6.54 Å². The number of hydrogen-bond acceptors (Lipinski definition) is 4. The van der Waals surface area contributed by atoms with E-state index in [0.29, 0.717) is 10.6 Å². The van der Waals surface area contributed by atoms with Gasteiger partial charge in [-0.25, -0.2) is 4.79 Å². The van der Waals surface area contributed by atoms with E-state index in [2.05, 4.69) is 21.2 Å². The van der Waals surface area contributed by atoms with E-state index >= 15 is 0 Å². The Kier molecular flexibility index (Phi) is 6.46. The Bertz CT molecular complexity index is 504. The van der Waals surface area contributed by atoms with Crippen molar-refractivity contribution in [2.45, 2.75) is 38.6 Å². The van der Waals surface area contributed by atoms with Crippen LogP contribution >= 0.6 is 27.5 Å². The van der Waals surface area contributed by atoms with E-state index < -0.39 is 23.9 Å². The fraction of sp³-hybridized carbons (Fsp3) is 0.500. The lowest BCUT2D eigenvalue weighted by Crippen LogP contribution is -2.38. The first-order chi connectivity index (χ1) is 9.60. The van der Waals surface area contributed by atoms with Crippen molar-refractivity contribution in [3.05, 3.63) is 33.3 Å². The molecule has 0 saturated heterocycles. The van der Waals surface area contributed by atoms with E-state index in [0.717, 1.165) is 4.47 Å². The largest absolute Gasteiger partial charge is 0.444 e. The van der Waals surface area contributed by atoms with Crippen LogP contribution in [-0.4, -0.2) is 34.6 Å². The second-order valence-corrected chi connectivity index (χ2v) is 6.88. The minimum Gasteiger partial charge on any atom is -0.444 e. The fourth-order valence-corrected chi connectivity index (χ4v) is 2.35. The molecule has 0 aliphatic heterocycles. The molecule has 0 radical (unpaired) electrons. The van der Waals surface area contributed by atoms with Gasteiger partial charge < -0.3 is 20.3 Å². The molecule has 0 heterocycles. The van der Waals surface area contributed by atoms with Gasteiger partial charge in [0, 0.05) is 21.6 Å². The number of ether oxygens (including phenoxy) is 1. The predicted molar refractivity (Wildman–Crippen MR) is 84.4 cm³/mol. The average molecular weight is 381 g/mol. The summed E-state index contributed by atoms with van der Waals surface area (Å²) in [5.74, 6) is 0. The maximum atomic E-state index is 11.5. The van der Waals surface area contributed by atoms with Gasteiger partial charge in [-0.05, 0) is 32.9 Å². The Morgan fingerprint density at radius 2 is 2.05 bits per heavy atom. The molecule has 2 atom stereocenters. The number of hydrogen-bond donors (Lipinski definition) is 3. The lowest BCUT2D eigenvalue weighted by Gasteiger charge is -2.22. The van der Waals surface area contributed by atoms with Gasteiger partial charge in [-0.15, -0.1) is 0 Å². The van der Waals surface area contributed by atoms with Crippen LogP contribution in [0.15, 0.2) is 22.7 Å². The molecule has 0 bridgehead atoms. The van der Waals surface area contributed by atoms with Crippen molar-refractivity contribution in [3.8, 4) is 0 Å². The smallest absolute Gasteiger partial charge is 0.407 e. The maximum absolute atomic E-state index is 11.5. The van der Waals surface area contributed by atoms with Crippen LogP contribution in [0, 0.1) is 0 Å². The average Bonchev–Trinajstić information content (AvgIpc) is 2.33. The first kappa shape index (κ1) is 18.2. The van der Waals surface area contributed by atoms with Crippen LogP contribution in [-0.2, 0) is 4.74 Å². The number of nitrogens with one attached hydrogen (secondary N) is 1.